The van der Waals surface area contributed by atoms with E-state index in [0.717, 1.165) is 12.1 Å². The van der Waals surface area contributed by atoms with E-state index in [1.807, 2.05) is 0 Å². The Bertz CT molecular complexity index is 724. The van der Waals surface area contributed by atoms with Gasteiger partial charge >= 0.3 is 6.18 Å². The quantitative estimate of drug-likeness (QED) is 0.525. The fourth-order valence-corrected chi connectivity index (χ4v) is 2.20. The zero-order chi connectivity index (χ0) is 17.5. The first-order valence-corrected chi connectivity index (χ1v) is 6.45. The number of alkyl halides is 3. The van der Waals surface area contributed by atoms with Crippen LogP contribution in [0.15, 0.2) is 18.2 Å². The summed E-state index contributed by atoms with van der Waals surface area (Å²) in [5.74, 6) is -8.08. The Morgan fingerprint density at radius 1 is 0.913 bits per heavy atom. The van der Waals surface area contributed by atoms with Crippen LogP contribution in [0, 0.1) is 23.5 Å². The Kier molecular flexibility index (Phi) is 4.37. The molecule has 1 nitrogen and oxygen atoms in total. The summed E-state index contributed by atoms with van der Waals surface area (Å²) in [7, 11) is 0. The van der Waals surface area contributed by atoms with E-state index < -0.39 is 52.3 Å². The first-order valence-electron chi connectivity index (χ1n) is 6.45. The maximum Gasteiger partial charge on any atom is 0.416 e. The lowest BCUT2D eigenvalue weighted by molar-refractivity contribution is -0.138. The van der Waals surface area contributed by atoms with Crippen LogP contribution in [0.4, 0.5) is 30.7 Å². The SMILES string of the molecule is CC(C)c1ccc(-c2c(F)c(F)nc(F)c2F)cc1C(F)(F)F. The van der Waals surface area contributed by atoms with E-state index in [4.69, 9.17) is 0 Å². The van der Waals surface area contributed by atoms with Crippen molar-refractivity contribution in [2.75, 3.05) is 0 Å². The molecule has 0 saturated carbocycles. The summed E-state index contributed by atoms with van der Waals surface area (Å²) < 4.78 is 93.0. The number of nitrogens with zero attached hydrogens (tertiary/aromatic N) is 1. The molecule has 0 bridgehead atoms. The van der Waals surface area contributed by atoms with Gasteiger partial charge in [0, 0.05) is 0 Å². The molecule has 0 N–H and O–H groups in total. The summed E-state index contributed by atoms with van der Waals surface area (Å²) in [5.41, 5.74) is -3.08. The van der Waals surface area contributed by atoms with Gasteiger partial charge in [0.2, 0.25) is 0 Å². The molecular formula is C15H10F7N. The standard InChI is InChI=1S/C15H10F7N/c1-6(2)8-4-3-7(5-9(8)15(20,21)22)10-11(16)13(18)23-14(19)12(10)17/h3-6H,1-2H3. The number of pyridine rings is 1. The molecule has 0 radical (unpaired) electrons. The molecule has 0 unspecified atom stereocenters. The topological polar surface area (TPSA) is 12.9 Å². The summed E-state index contributed by atoms with van der Waals surface area (Å²) >= 11 is 0. The van der Waals surface area contributed by atoms with Gasteiger partial charge in [0.1, 0.15) is 0 Å². The number of hydrogen-bond donors (Lipinski definition) is 0. The van der Waals surface area contributed by atoms with Crippen molar-refractivity contribution in [2.24, 2.45) is 0 Å². The number of rotatable bonds is 2. The van der Waals surface area contributed by atoms with E-state index in [1.165, 1.54) is 13.8 Å². The van der Waals surface area contributed by atoms with Crippen molar-refractivity contribution in [3.8, 4) is 11.1 Å². The minimum atomic E-state index is -4.79. The summed E-state index contributed by atoms with van der Waals surface area (Å²) in [6.07, 6.45) is -4.79. The summed E-state index contributed by atoms with van der Waals surface area (Å²) in [6, 6.07) is 2.47. The molecule has 124 valence electrons. The Morgan fingerprint density at radius 2 is 1.43 bits per heavy atom. The second-order valence-corrected chi connectivity index (χ2v) is 5.15. The first-order chi connectivity index (χ1) is 10.5. The van der Waals surface area contributed by atoms with Crippen molar-refractivity contribution in [1.82, 2.24) is 4.98 Å². The van der Waals surface area contributed by atoms with Crippen LogP contribution in [0.25, 0.3) is 11.1 Å². The monoisotopic (exact) mass is 337 g/mol. The number of hydrogen-bond acceptors (Lipinski definition) is 1. The molecular weight excluding hydrogens is 327 g/mol. The van der Waals surface area contributed by atoms with Crippen molar-refractivity contribution in [2.45, 2.75) is 25.9 Å². The zero-order valence-electron chi connectivity index (χ0n) is 11.9. The molecule has 0 aliphatic heterocycles. The lowest BCUT2D eigenvalue weighted by atomic mass is 9.93. The molecule has 0 spiro atoms. The van der Waals surface area contributed by atoms with Crippen molar-refractivity contribution in [3.05, 3.63) is 52.9 Å². The van der Waals surface area contributed by atoms with E-state index >= 15 is 0 Å². The van der Waals surface area contributed by atoms with Gasteiger partial charge in [-0.25, -0.2) is 8.78 Å². The average Bonchev–Trinajstić information content (AvgIpc) is 2.44. The van der Waals surface area contributed by atoms with Gasteiger partial charge in [-0.2, -0.15) is 26.9 Å². The van der Waals surface area contributed by atoms with Crippen molar-refractivity contribution in [1.29, 1.82) is 0 Å². The normalized spacial score (nSPS) is 12.1. The Hall–Kier alpha value is -2.12. The van der Waals surface area contributed by atoms with Crippen LogP contribution in [-0.2, 0) is 6.18 Å². The predicted octanol–water partition coefficient (Wildman–Crippen LogP) is 5.45. The van der Waals surface area contributed by atoms with E-state index in [-0.39, 0.29) is 5.56 Å². The Balaban J connectivity index is 2.77. The van der Waals surface area contributed by atoms with Crippen LogP contribution in [-0.4, -0.2) is 4.98 Å². The summed E-state index contributed by atoms with van der Waals surface area (Å²) in [6.45, 7) is 3.02. The Morgan fingerprint density at radius 3 is 1.87 bits per heavy atom. The molecule has 0 aliphatic rings. The van der Waals surface area contributed by atoms with Crippen molar-refractivity contribution < 1.29 is 30.7 Å². The van der Waals surface area contributed by atoms with Gasteiger partial charge in [-0.15, -0.1) is 0 Å². The molecule has 2 rings (SSSR count). The molecule has 1 aromatic heterocycles. The van der Waals surface area contributed by atoms with E-state index in [9.17, 15) is 30.7 Å². The molecule has 23 heavy (non-hydrogen) atoms. The minimum Gasteiger partial charge on any atom is -0.201 e. The smallest absolute Gasteiger partial charge is 0.201 e. The van der Waals surface area contributed by atoms with Crippen LogP contribution in [0.2, 0.25) is 0 Å². The molecule has 1 aromatic carbocycles. The number of aromatic nitrogens is 1. The average molecular weight is 337 g/mol. The highest BCUT2D eigenvalue weighted by molar-refractivity contribution is 5.66. The second-order valence-electron chi connectivity index (χ2n) is 5.15. The molecule has 0 fully saturated rings. The van der Waals surface area contributed by atoms with Crippen LogP contribution in [0.1, 0.15) is 30.9 Å². The first kappa shape index (κ1) is 17.2. The lowest BCUT2D eigenvalue weighted by Crippen LogP contribution is -2.11. The highest BCUT2D eigenvalue weighted by Crippen LogP contribution is 2.39. The van der Waals surface area contributed by atoms with Gasteiger partial charge in [0.05, 0.1) is 11.1 Å². The van der Waals surface area contributed by atoms with Crippen LogP contribution >= 0.6 is 0 Å². The zero-order valence-corrected chi connectivity index (χ0v) is 11.9. The van der Waals surface area contributed by atoms with Gasteiger partial charge < -0.3 is 0 Å². The fraction of sp³-hybridized carbons (Fsp3) is 0.267. The third kappa shape index (κ3) is 3.16. The van der Waals surface area contributed by atoms with Crippen LogP contribution < -0.4 is 0 Å². The highest BCUT2D eigenvalue weighted by atomic mass is 19.4. The van der Waals surface area contributed by atoms with Crippen LogP contribution in [0.3, 0.4) is 0 Å². The fourth-order valence-electron chi connectivity index (χ4n) is 2.20. The number of halogens is 7. The van der Waals surface area contributed by atoms with Gasteiger partial charge in [0.15, 0.2) is 11.6 Å². The molecule has 0 aliphatic carbocycles. The third-order valence-electron chi connectivity index (χ3n) is 3.27. The van der Waals surface area contributed by atoms with Gasteiger partial charge in [-0.1, -0.05) is 26.0 Å². The number of benzene rings is 1. The largest absolute Gasteiger partial charge is 0.416 e. The van der Waals surface area contributed by atoms with Gasteiger partial charge in [0.25, 0.3) is 11.9 Å². The summed E-state index contributed by atoms with van der Waals surface area (Å²) in [5, 5.41) is 0. The molecule has 0 atom stereocenters. The molecule has 2 aromatic rings. The van der Waals surface area contributed by atoms with Crippen molar-refractivity contribution in [3.63, 3.8) is 0 Å². The second kappa shape index (κ2) is 5.82. The molecule has 0 saturated heterocycles. The maximum atomic E-state index is 13.7. The van der Waals surface area contributed by atoms with Crippen molar-refractivity contribution >= 4 is 0 Å². The Labute approximate surface area is 126 Å². The third-order valence-corrected chi connectivity index (χ3v) is 3.27. The predicted molar refractivity (Wildman–Crippen MR) is 68.6 cm³/mol. The lowest BCUT2D eigenvalue weighted by Gasteiger charge is -2.17. The van der Waals surface area contributed by atoms with Crippen LogP contribution in [0.5, 0.6) is 0 Å². The van der Waals surface area contributed by atoms with E-state index in [1.54, 1.807) is 0 Å². The van der Waals surface area contributed by atoms with E-state index in [2.05, 4.69) is 4.98 Å². The molecule has 0 amide bonds. The van der Waals surface area contributed by atoms with E-state index in [0.29, 0.717) is 6.07 Å². The molecule has 1 heterocycles. The minimum absolute atomic E-state index is 0.0999. The van der Waals surface area contributed by atoms with Gasteiger partial charge in [-0.3, -0.25) is 0 Å². The maximum absolute atomic E-state index is 13.7. The highest BCUT2D eigenvalue weighted by Gasteiger charge is 2.35. The molecule has 8 heteroatoms. The summed E-state index contributed by atoms with van der Waals surface area (Å²) in [4.78, 5) is 2.37. The van der Waals surface area contributed by atoms with Gasteiger partial charge in [-0.05, 0) is 23.1 Å².